The average Bonchev–Trinajstić information content (AvgIpc) is 2.86. The van der Waals surface area contributed by atoms with Crippen LogP contribution < -0.4 is 15.5 Å². The van der Waals surface area contributed by atoms with Crippen LogP contribution in [0.25, 0.3) is 0 Å². The zero-order valence-corrected chi connectivity index (χ0v) is 21.0. The average molecular weight is 532 g/mol. The summed E-state index contributed by atoms with van der Waals surface area (Å²) < 4.78 is 38.6. The number of hydrogen-bond acceptors (Lipinski definition) is 5. The van der Waals surface area contributed by atoms with Crippen LogP contribution in [0.2, 0.25) is 5.02 Å². The van der Waals surface area contributed by atoms with Crippen LogP contribution in [0.4, 0.5) is 30.2 Å². The fourth-order valence-electron chi connectivity index (χ4n) is 3.94. The van der Waals surface area contributed by atoms with Crippen LogP contribution in [0.3, 0.4) is 0 Å². The van der Waals surface area contributed by atoms with Gasteiger partial charge in [0, 0.05) is 43.1 Å². The summed E-state index contributed by atoms with van der Waals surface area (Å²) >= 11 is 6.25. The molecule has 0 unspecified atom stereocenters. The van der Waals surface area contributed by atoms with Crippen molar-refractivity contribution < 1.29 is 22.8 Å². The Morgan fingerprint density at radius 3 is 2.22 bits per heavy atom. The van der Waals surface area contributed by atoms with Crippen LogP contribution in [-0.2, 0) is 6.18 Å². The molecule has 7 nitrogen and oxygen atoms in total. The quantitative estimate of drug-likeness (QED) is 0.466. The van der Waals surface area contributed by atoms with Crippen LogP contribution in [0.15, 0.2) is 54.6 Å². The molecule has 1 aromatic heterocycles. The Labute approximate surface area is 217 Å². The normalized spacial score (nSPS) is 14.4. The Bertz CT molecular complexity index is 1310. The van der Waals surface area contributed by atoms with Crippen LogP contribution in [0.5, 0.6) is 0 Å². The van der Waals surface area contributed by atoms with E-state index in [9.17, 15) is 22.8 Å². The molecule has 0 aliphatic carbocycles. The van der Waals surface area contributed by atoms with Crippen molar-refractivity contribution in [1.82, 2.24) is 9.88 Å². The summed E-state index contributed by atoms with van der Waals surface area (Å²) in [4.78, 5) is 33.5. The molecule has 1 aliphatic rings. The first-order valence-corrected chi connectivity index (χ1v) is 11.9. The third-order valence-corrected chi connectivity index (χ3v) is 6.42. The van der Waals surface area contributed by atoms with Crippen molar-refractivity contribution in [3.8, 4) is 0 Å². The molecule has 2 N–H and O–H groups in total. The van der Waals surface area contributed by atoms with Gasteiger partial charge in [-0.15, -0.1) is 0 Å². The van der Waals surface area contributed by atoms with Crippen LogP contribution in [-0.4, -0.2) is 54.9 Å². The first-order chi connectivity index (χ1) is 17.5. The van der Waals surface area contributed by atoms with E-state index in [4.69, 9.17) is 11.6 Å². The van der Waals surface area contributed by atoms with Gasteiger partial charge in [0.2, 0.25) is 0 Å². The van der Waals surface area contributed by atoms with Gasteiger partial charge in [0.25, 0.3) is 11.8 Å². The highest BCUT2D eigenvalue weighted by Crippen LogP contribution is 2.29. The molecule has 2 amide bonds. The van der Waals surface area contributed by atoms with Gasteiger partial charge in [0.1, 0.15) is 5.69 Å². The third kappa shape index (κ3) is 6.39. The van der Waals surface area contributed by atoms with Crippen molar-refractivity contribution in [2.75, 3.05) is 48.8 Å². The molecule has 1 fully saturated rings. The minimum absolute atomic E-state index is 0.00558. The number of nitrogens with zero attached hydrogens (tertiary/aromatic N) is 3. The van der Waals surface area contributed by atoms with Crippen LogP contribution >= 0.6 is 11.6 Å². The number of alkyl halides is 3. The van der Waals surface area contributed by atoms with Gasteiger partial charge in [0.05, 0.1) is 22.0 Å². The first-order valence-electron chi connectivity index (χ1n) is 11.5. The van der Waals surface area contributed by atoms with Crippen molar-refractivity contribution >= 4 is 40.5 Å². The highest BCUT2D eigenvalue weighted by Gasteiger charge is 2.33. The summed E-state index contributed by atoms with van der Waals surface area (Å²) in [6, 6.07) is 13.6. The van der Waals surface area contributed by atoms with Crippen LogP contribution in [0.1, 0.15) is 32.1 Å². The van der Waals surface area contributed by atoms with Gasteiger partial charge >= 0.3 is 6.18 Å². The zero-order chi connectivity index (χ0) is 26.7. The number of amides is 2. The topological polar surface area (TPSA) is 77.6 Å². The van der Waals surface area contributed by atoms with E-state index < -0.39 is 17.8 Å². The highest BCUT2D eigenvalue weighted by molar-refractivity contribution is 6.34. The molecule has 0 radical (unpaired) electrons. The van der Waals surface area contributed by atoms with Crippen molar-refractivity contribution in [3.05, 3.63) is 82.1 Å². The van der Waals surface area contributed by atoms with E-state index in [2.05, 4.69) is 32.5 Å². The highest BCUT2D eigenvalue weighted by atomic mass is 35.5. The summed E-state index contributed by atoms with van der Waals surface area (Å²) in [6.07, 6.45) is -4.60. The van der Waals surface area contributed by atoms with E-state index in [1.807, 2.05) is 12.1 Å². The maximum atomic E-state index is 12.9. The lowest BCUT2D eigenvalue weighted by molar-refractivity contribution is -0.141. The molecule has 1 aliphatic heterocycles. The Hall–Kier alpha value is -3.63. The SMILES string of the molecule is Cc1nc(C(F)(F)F)ccc1C(=O)Nc1ccc(Cl)c(NC(=O)c2ccc(N3CCN(C)CC3)cc2)c1. The lowest BCUT2D eigenvalue weighted by atomic mass is 10.1. The molecule has 0 atom stereocenters. The van der Waals surface area contributed by atoms with E-state index in [0.29, 0.717) is 11.3 Å². The van der Waals surface area contributed by atoms with Gasteiger partial charge in [-0.25, -0.2) is 4.98 Å². The predicted molar refractivity (Wildman–Crippen MR) is 137 cm³/mol. The maximum absolute atomic E-state index is 12.9. The Morgan fingerprint density at radius 2 is 1.59 bits per heavy atom. The number of piperazine rings is 1. The lowest BCUT2D eigenvalue weighted by Crippen LogP contribution is -2.44. The molecule has 3 aromatic rings. The maximum Gasteiger partial charge on any atom is 0.433 e. The number of aryl methyl sites for hydroxylation is 1. The summed E-state index contributed by atoms with van der Waals surface area (Å²) in [5.41, 5.74) is 0.915. The largest absolute Gasteiger partial charge is 0.433 e. The number of carbonyl (C=O) groups is 2. The summed E-state index contributed by atoms with van der Waals surface area (Å²) in [5.74, 6) is -1.02. The number of anilines is 3. The van der Waals surface area contributed by atoms with E-state index in [1.165, 1.54) is 25.1 Å². The molecule has 194 valence electrons. The first kappa shape index (κ1) is 26.4. The van der Waals surface area contributed by atoms with Crippen molar-refractivity contribution in [3.63, 3.8) is 0 Å². The minimum atomic E-state index is -4.60. The van der Waals surface area contributed by atoms with Gasteiger partial charge in [0.15, 0.2) is 0 Å². The lowest BCUT2D eigenvalue weighted by Gasteiger charge is -2.34. The summed E-state index contributed by atoms with van der Waals surface area (Å²) in [5, 5.41) is 5.60. The number of hydrogen-bond donors (Lipinski definition) is 2. The van der Waals surface area contributed by atoms with E-state index in [-0.39, 0.29) is 27.9 Å². The standard InChI is InChI=1S/C26H25ClF3N5O2/c1-16-20(8-10-23(31-16)26(28,29)30)25(37)32-18-5-9-21(27)22(15-18)33-24(36)17-3-6-19(7-4-17)35-13-11-34(2)12-14-35/h3-10,15H,11-14H2,1-2H3,(H,32,37)(H,33,36). The monoisotopic (exact) mass is 531 g/mol. The fraction of sp³-hybridized carbons (Fsp3) is 0.269. The van der Waals surface area contributed by atoms with Crippen molar-refractivity contribution in [2.45, 2.75) is 13.1 Å². The number of likely N-dealkylation sites (N-methyl/N-ethyl adjacent to an activating group) is 1. The smallest absolute Gasteiger partial charge is 0.369 e. The van der Waals surface area contributed by atoms with Gasteiger partial charge in [-0.1, -0.05) is 11.6 Å². The van der Waals surface area contributed by atoms with Gasteiger partial charge in [-0.05, 0) is 68.6 Å². The Kier molecular flexibility index (Phi) is 7.70. The van der Waals surface area contributed by atoms with Crippen LogP contribution in [0, 0.1) is 6.92 Å². The fourth-order valence-corrected chi connectivity index (χ4v) is 4.10. The van der Waals surface area contributed by atoms with Gasteiger partial charge in [-0.3, -0.25) is 9.59 Å². The second kappa shape index (κ2) is 10.8. The second-order valence-electron chi connectivity index (χ2n) is 8.77. The van der Waals surface area contributed by atoms with Gasteiger partial charge in [-0.2, -0.15) is 13.2 Å². The molecular formula is C26H25ClF3N5O2. The van der Waals surface area contributed by atoms with E-state index in [1.54, 1.807) is 12.1 Å². The number of nitrogens with one attached hydrogen (secondary N) is 2. The van der Waals surface area contributed by atoms with E-state index >= 15 is 0 Å². The molecule has 4 rings (SSSR count). The number of pyridine rings is 1. The molecule has 0 saturated carbocycles. The number of carbonyl (C=O) groups excluding carboxylic acids is 2. The van der Waals surface area contributed by atoms with Crippen molar-refractivity contribution in [2.24, 2.45) is 0 Å². The van der Waals surface area contributed by atoms with Crippen molar-refractivity contribution in [1.29, 1.82) is 0 Å². The molecule has 37 heavy (non-hydrogen) atoms. The van der Waals surface area contributed by atoms with Gasteiger partial charge < -0.3 is 20.4 Å². The molecule has 0 bridgehead atoms. The molecule has 1 saturated heterocycles. The number of halogens is 4. The number of aromatic nitrogens is 1. The Balaban J connectivity index is 1.43. The molecule has 11 heteroatoms. The summed E-state index contributed by atoms with van der Waals surface area (Å²) in [6.45, 7) is 5.11. The molecule has 2 heterocycles. The summed E-state index contributed by atoms with van der Waals surface area (Å²) in [7, 11) is 2.09. The predicted octanol–water partition coefficient (Wildman–Crippen LogP) is 5.32. The zero-order valence-electron chi connectivity index (χ0n) is 20.2. The molecular weight excluding hydrogens is 507 g/mol. The molecule has 0 spiro atoms. The number of benzene rings is 2. The Morgan fingerprint density at radius 1 is 0.919 bits per heavy atom. The molecule has 2 aromatic carbocycles. The second-order valence-corrected chi connectivity index (χ2v) is 9.17. The minimum Gasteiger partial charge on any atom is -0.369 e. The third-order valence-electron chi connectivity index (χ3n) is 6.09. The van der Waals surface area contributed by atoms with E-state index in [0.717, 1.165) is 44.0 Å². The number of rotatable bonds is 5.